The van der Waals surface area contributed by atoms with Crippen LogP contribution in [0.1, 0.15) is 45.4 Å². The van der Waals surface area contributed by atoms with Crippen LogP contribution in [-0.2, 0) is 4.79 Å². The first-order valence-electron chi connectivity index (χ1n) is 7.55. The Kier molecular flexibility index (Phi) is 3.70. The van der Waals surface area contributed by atoms with E-state index in [2.05, 4.69) is 27.8 Å². The Hall–Kier alpha value is -0.0500. The van der Waals surface area contributed by atoms with E-state index in [9.17, 15) is 4.79 Å². The number of rotatable bonds is 2. The normalized spacial score (nSPS) is 43.4. The third-order valence-corrected chi connectivity index (χ3v) is 6.73. The van der Waals surface area contributed by atoms with Crippen molar-refractivity contribution in [1.82, 2.24) is 4.90 Å². The van der Waals surface area contributed by atoms with Crippen LogP contribution in [0.5, 0.6) is 0 Å². The van der Waals surface area contributed by atoms with Gasteiger partial charge in [0, 0.05) is 24.3 Å². The van der Waals surface area contributed by atoms with Crippen molar-refractivity contribution in [2.45, 2.75) is 50.3 Å². The number of amides is 1. The number of halogens is 1. The van der Waals surface area contributed by atoms with E-state index in [1.165, 1.54) is 25.7 Å². The van der Waals surface area contributed by atoms with Crippen molar-refractivity contribution < 1.29 is 4.79 Å². The van der Waals surface area contributed by atoms with Gasteiger partial charge in [-0.05, 0) is 49.4 Å². The third-order valence-electron chi connectivity index (χ3n) is 5.54. The van der Waals surface area contributed by atoms with Gasteiger partial charge in [0.15, 0.2) is 0 Å². The molecule has 0 aromatic carbocycles. The van der Waals surface area contributed by atoms with Crippen molar-refractivity contribution in [2.24, 2.45) is 23.7 Å². The lowest BCUT2D eigenvalue weighted by Crippen LogP contribution is -2.44. The molecule has 1 aliphatic heterocycles. The van der Waals surface area contributed by atoms with E-state index in [0.717, 1.165) is 37.8 Å². The molecule has 5 unspecified atom stereocenters. The van der Waals surface area contributed by atoms with Gasteiger partial charge in [0.25, 0.3) is 0 Å². The maximum absolute atomic E-state index is 12.4. The lowest BCUT2D eigenvalue weighted by atomic mass is 9.86. The molecule has 2 nitrogen and oxygen atoms in total. The minimum atomic E-state index is 0.420. The van der Waals surface area contributed by atoms with E-state index in [1.54, 1.807) is 0 Å². The highest BCUT2D eigenvalue weighted by Gasteiger charge is 2.41. The smallest absolute Gasteiger partial charge is 0.222 e. The van der Waals surface area contributed by atoms with E-state index < -0.39 is 0 Å². The van der Waals surface area contributed by atoms with Gasteiger partial charge in [-0.15, -0.1) is 0 Å². The molecule has 1 amide bonds. The Labute approximate surface area is 119 Å². The monoisotopic (exact) mass is 313 g/mol. The predicted molar refractivity (Wildman–Crippen MR) is 76.6 cm³/mol. The predicted octanol–water partition coefficient (Wildman–Crippen LogP) is 3.44. The van der Waals surface area contributed by atoms with E-state index in [0.29, 0.717) is 22.6 Å². The first-order chi connectivity index (χ1) is 8.63. The fourth-order valence-corrected chi connectivity index (χ4v) is 4.84. The van der Waals surface area contributed by atoms with Gasteiger partial charge in [0.05, 0.1) is 0 Å². The highest BCUT2D eigenvalue weighted by atomic mass is 79.9. The Morgan fingerprint density at radius 1 is 1.28 bits per heavy atom. The molecule has 0 aromatic heterocycles. The lowest BCUT2D eigenvalue weighted by Gasteiger charge is -2.35. The number of carbonyl (C=O) groups excluding carboxylic acids is 1. The number of carbonyl (C=O) groups is 1. The number of fused-ring (bicyclic) bond motifs is 2. The molecular formula is C15H24BrNO. The van der Waals surface area contributed by atoms with Gasteiger partial charge in [-0.1, -0.05) is 29.3 Å². The molecule has 5 atom stereocenters. The summed E-state index contributed by atoms with van der Waals surface area (Å²) in [5.41, 5.74) is 0. The Bertz CT molecular complexity index is 332. The van der Waals surface area contributed by atoms with Crippen LogP contribution >= 0.6 is 15.9 Å². The first-order valence-corrected chi connectivity index (χ1v) is 8.47. The molecule has 3 rings (SSSR count). The second-order valence-electron chi connectivity index (χ2n) is 6.76. The van der Waals surface area contributed by atoms with Crippen LogP contribution in [0, 0.1) is 23.7 Å². The number of alkyl halides is 1. The zero-order valence-corrected chi connectivity index (χ0v) is 12.9. The minimum Gasteiger partial charge on any atom is -0.342 e. The fraction of sp³-hybridized carbons (Fsp3) is 0.933. The van der Waals surface area contributed by atoms with Crippen LogP contribution in [0.25, 0.3) is 0 Å². The maximum Gasteiger partial charge on any atom is 0.222 e. The Morgan fingerprint density at radius 2 is 2.11 bits per heavy atom. The SMILES string of the molecule is CC1CCN(C(=O)CC2CC3CCC2C3)CC1Br. The molecule has 2 saturated carbocycles. The highest BCUT2D eigenvalue weighted by Crippen LogP contribution is 2.49. The molecule has 1 heterocycles. The van der Waals surface area contributed by atoms with Gasteiger partial charge >= 0.3 is 0 Å². The molecule has 0 radical (unpaired) electrons. The van der Waals surface area contributed by atoms with Crippen molar-refractivity contribution in [2.75, 3.05) is 13.1 Å². The van der Waals surface area contributed by atoms with E-state index >= 15 is 0 Å². The summed E-state index contributed by atoms with van der Waals surface area (Å²) in [7, 11) is 0. The molecule has 2 bridgehead atoms. The van der Waals surface area contributed by atoms with Crippen molar-refractivity contribution in [3.8, 4) is 0 Å². The first kappa shape index (κ1) is 13.0. The van der Waals surface area contributed by atoms with Crippen molar-refractivity contribution in [1.29, 1.82) is 0 Å². The van der Waals surface area contributed by atoms with Crippen molar-refractivity contribution >= 4 is 21.8 Å². The number of piperidine rings is 1. The van der Waals surface area contributed by atoms with Crippen LogP contribution in [0.3, 0.4) is 0 Å². The topological polar surface area (TPSA) is 20.3 Å². The Morgan fingerprint density at radius 3 is 2.72 bits per heavy atom. The summed E-state index contributed by atoms with van der Waals surface area (Å²) < 4.78 is 0. The summed E-state index contributed by atoms with van der Waals surface area (Å²) >= 11 is 3.71. The number of hydrogen-bond donors (Lipinski definition) is 0. The van der Waals surface area contributed by atoms with Crippen molar-refractivity contribution in [3.63, 3.8) is 0 Å². The Balaban J connectivity index is 1.52. The zero-order valence-electron chi connectivity index (χ0n) is 11.3. The summed E-state index contributed by atoms with van der Waals surface area (Å²) in [6.07, 6.45) is 7.54. The van der Waals surface area contributed by atoms with Gasteiger partial charge in [-0.3, -0.25) is 4.79 Å². The second kappa shape index (κ2) is 5.15. The lowest BCUT2D eigenvalue weighted by molar-refractivity contribution is -0.133. The summed E-state index contributed by atoms with van der Waals surface area (Å²) in [6.45, 7) is 4.17. The molecule has 0 spiro atoms. The van der Waals surface area contributed by atoms with Crippen LogP contribution < -0.4 is 0 Å². The van der Waals surface area contributed by atoms with E-state index in [-0.39, 0.29) is 0 Å². The highest BCUT2D eigenvalue weighted by molar-refractivity contribution is 9.09. The van der Waals surface area contributed by atoms with E-state index in [4.69, 9.17) is 0 Å². The molecule has 3 aliphatic rings. The molecule has 1 saturated heterocycles. The zero-order chi connectivity index (χ0) is 12.7. The standard InChI is InChI=1S/C15H24BrNO/c1-10-4-5-17(9-14(10)16)15(18)8-13-7-11-2-3-12(13)6-11/h10-14H,2-9H2,1H3. The molecule has 0 aromatic rings. The van der Waals surface area contributed by atoms with Crippen LogP contribution in [0.15, 0.2) is 0 Å². The summed E-state index contributed by atoms with van der Waals surface area (Å²) in [4.78, 5) is 15.0. The van der Waals surface area contributed by atoms with Gasteiger partial charge in [-0.2, -0.15) is 0 Å². The molecule has 3 heteroatoms. The molecule has 3 fully saturated rings. The largest absolute Gasteiger partial charge is 0.342 e. The van der Waals surface area contributed by atoms with Crippen LogP contribution in [0.2, 0.25) is 0 Å². The van der Waals surface area contributed by atoms with Crippen molar-refractivity contribution in [3.05, 3.63) is 0 Å². The molecule has 2 aliphatic carbocycles. The molecular weight excluding hydrogens is 290 g/mol. The van der Waals surface area contributed by atoms with Crippen LogP contribution in [-0.4, -0.2) is 28.7 Å². The fourth-order valence-electron chi connectivity index (χ4n) is 4.23. The third kappa shape index (κ3) is 2.48. The van der Waals surface area contributed by atoms with Gasteiger partial charge < -0.3 is 4.90 Å². The van der Waals surface area contributed by atoms with Gasteiger partial charge in [0.2, 0.25) is 5.91 Å². The number of nitrogens with zero attached hydrogens (tertiary/aromatic N) is 1. The molecule has 0 N–H and O–H groups in total. The van der Waals surface area contributed by atoms with Gasteiger partial charge in [-0.25, -0.2) is 0 Å². The number of likely N-dealkylation sites (tertiary alicyclic amines) is 1. The molecule has 102 valence electrons. The van der Waals surface area contributed by atoms with Crippen LogP contribution in [0.4, 0.5) is 0 Å². The minimum absolute atomic E-state index is 0.420. The quantitative estimate of drug-likeness (QED) is 0.715. The molecule has 18 heavy (non-hydrogen) atoms. The van der Waals surface area contributed by atoms with E-state index in [1.807, 2.05) is 0 Å². The average Bonchev–Trinajstić information content (AvgIpc) is 2.94. The average molecular weight is 314 g/mol. The number of hydrogen-bond acceptors (Lipinski definition) is 1. The summed E-state index contributed by atoms with van der Waals surface area (Å²) in [5.74, 6) is 3.67. The summed E-state index contributed by atoms with van der Waals surface area (Å²) in [5, 5.41) is 0. The summed E-state index contributed by atoms with van der Waals surface area (Å²) in [6, 6.07) is 0. The second-order valence-corrected chi connectivity index (χ2v) is 7.94. The maximum atomic E-state index is 12.4. The van der Waals surface area contributed by atoms with Gasteiger partial charge in [0.1, 0.15) is 0 Å².